The van der Waals surface area contributed by atoms with Gasteiger partial charge in [-0.05, 0) is 68.4 Å². The number of hydrogen-bond donors (Lipinski definition) is 1. The van der Waals surface area contributed by atoms with Crippen LogP contribution in [0.15, 0.2) is 49.1 Å². The molecule has 0 radical (unpaired) electrons. The van der Waals surface area contributed by atoms with Gasteiger partial charge in [-0.3, -0.25) is 4.79 Å². The zero-order valence-corrected chi connectivity index (χ0v) is 25.8. The molecule has 4 aromatic heterocycles. The molecule has 0 aliphatic carbocycles. The van der Waals surface area contributed by atoms with E-state index >= 15 is 0 Å². The number of likely N-dealkylation sites (N-methyl/N-ethyl adjacent to an activating group) is 1. The summed E-state index contributed by atoms with van der Waals surface area (Å²) in [5.74, 6) is -0.0251. The molecule has 1 amide bonds. The number of halogens is 2. The standard InChI is InChI=1S/C15H20IN3O2.C11H13IN2O/c1-15(2,10-21-9-14(20)18(3)4)11-5-6-13-12(16)7-17-19(13)8-11;1-11(2,7-15)8-3-4-10-9(12)5-13-14(10)6-8/h5-8H,9-10H2,1-4H3;3-6,15H,7H2,1-2H3. The van der Waals surface area contributed by atoms with Gasteiger partial charge in [0.1, 0.15) is 6.61 Å². The highest BCUT2D eigenvalue weighted by Gasteiger charge is 2.23. The number of pyridine rings is 2. The second-order valence-corrected chi connectivity index (χ2v) is 12.5. The van der Waals surface area contributed by atoms with Crippen molar-refractivity contribution in [1.82, 2.24) is 24.1 Å². The Morgan fingerprint density at radius 2 is 1.39 bits per heavy atom. The van der Waals surface area contributed by atoms with Gasteiger partial charge >= 0.3 is 0 Å². The van der Waals surface area contributed by atoms with E-state index in [2.05, 4.69) is 87.4 Å². The van der Waals surface area contributed by atoms with Crippen LogP contribution < -0.4 is 0 Å². The molecule has 4 rings (SSSR count). The van der Waals surface area contributed by atoms with Crippen LogP contribution in [0.25, 0.3) is 11.0 Å². The molecule has 1 N–H and O–H groups in total. The summed E-state index contributed by atoms with van der Waals surface area (Å²) in [6.07, 6.45) is 7.69. The molecule has 0 atom stereocenters. The molecule has 0 unspecified atom stereocenters. The minimum absolute atomic E-state index is 0.0251. The maximum absolute atomic E-state index is 11.5. The number of carbonyl (C=O) groups excluding carboxylic acids is 1. The summed E-state index contributed by atoms with van der Waals surface area (Å²) in [6.45, 7) is 8.96. The molecule has 194 valence electrons. The van der Waals surface area contributed by atoms with Gasteiger partial charge in [0.25, 0.3) is 0 Å². The Hall–Kier alpha value is -1.77. The highest BCUT2D eigenvalue weighted by Crippen LogP contribution is 2.26. The van der Waals surface area contributed by atoms with Gasteiger partial charge in [-0.25, -0.2) is 9.03 Å². The third-order valence-electron chi connectivity index (χ3n) is 6.08. The van der Waals surface area contributed by atoms with Gasteiger partial charge < -0.3 is 14.7 Å². The van der Waals surface area contributed by atoms with E-state index in [0.717, 1.165) is 29.3 Å². The van der Waals surface area contributed by atoms with Crippen LogP contribution in [-0.2, 0) is 20.4 Å². The predicted octanol–water partition coefficient (Wildman–Crippen LogP) is 4.53. The molecule has 0 aliphatic rings. The third kappa shape index (κ3) is 6.75. The molecule has 36 heavy (non-hydrogen) atoms. The normalized spacial score (nSPS) is 12.0. The van der Waals surface area contributed by atoms with E-state index in [9.17, 15) is 9.90 Å². The first-order valence-corrected chi connectivity index (χ1v) is 13.7. The average molecular weight is 717 g/mol. The van der Waals surface area contributed by atoms with E-state index in [1.807, 2.05) is 53.7 Å². The van der Waals surface area contributed by atoms with Crippen LogP contribution in [0, 0.1) is 7.14 Å². The number of amides is 1. The zero-order chi connectivity index (χ0) is 26.7. The maximum Gasteiger partial charge on any atom is 0.248 e. The van der Waals surface area contributed by atoms with E-state index < -0.39 is 0 Å². The molecule has 0 fully saturated rings. The van der Waals surface area contributed by atoms with E-state index in [-0.39, 0.29) is 30.0 Å². The van der Waals surface area contributed by atoms with Gasteiger partial charge in [0, 0.05) is 37.3 Å². The van der Waals surface area contributed by atoms with E-state index in [1.165, 1.54) is 4.90 Å². The summed E-state index contributed by atoms with van der Waals surface area (Å²) in [5, 5.41) is 17.9. The van der Waals surface area contributed by atoms with Crippen molar-refractivity contribution in [3.63, 3.8) is 0 Å². The Labute approximate surface area is 239 Å². The minimum Gasteiger partial charge on any atom is -0.395 e. The summed E-state index contributed by atoms with van der Waals surface area (Å²) < 4.78 is 11.6. The topological polar surface area (TPSA) is 84.4 Å². The van der Waals surface area contributed by atoms with Crippen molar-refractivity contribution in [3.05, 3.63) is 67.3 Å². The fourth-order valence-electron chi connectivity index (χ4n) is 3.40. The Bertz CT molecular complexity index is 1340. The van der Waals surface area contributed by atoms with Crippen LogP contribution in [0.1, 0.15) is 38.8 Å². The van der Waals surface area contributed by atoms with Crippen molar-refractivity contribution in [2.75, 3.05) is 33.9 Å². The van der Waals surface area contributed by atoms with Crippen LogP contribution in [0.2, 0.25) is 0 Å². The van der Waals surface area contributed by atoms with Crippen LogP contribution in [-0.4, -0.2) is 69.1 Å². The lowest BCUT2D eigenvalue weighted by Crippen LogP contribution is -2.30. The predicted molar refractivity (Wildman–Crippen MR) is 158 cm³/mol. The van der Waals surface area contributed by atoms with Crippen molar-refractivity contribution in [2.45, 2.75) is 38.5 Å². The van der Waals surface area contributed by atoms with Crippen molar-refractivity contribution < 1.29 is 14.6 Å². The molecule has 4 heterocycles. The Morgan fingerprint density at radius 1 is 0.917 bits per heavy atom. The fraction of sp³-hybridized carbons (Fsp3) is 0.423. The zero-order valence-electron chi connectivity index (χ0n) is 21.5. The first-order chi connectivity index (χ1) is 16.9. The lowest BCUT2D eigenvalue weighted by atomic mass is 9.87. The first-order valence-electron chi connectivity index (χ1n) is 11.5. The lowest BCUT2D eigenvalue weighted by Gasteiger charge is -2.25. The molecule has 0 spiro atoms. The second kappa shape index (κ2) is 11.7. The molecular formula is C26H33I2N5O3. The highest BCUT2D eigenvalue weighted by molar-refractivity contribution is 14.1. The lowest BCUT2D eigenvalue weighted by molar-refractivity contribution is -0.134. The van der Waals surface area contributed by atoms with Crippen molar-refractivity contribution >= 4 is 62.1 Å². The van der Waals surface area contributed by atoms with Crippen LogP contribution in [0.4, 0.5) is 0 Å². The summed E-state index contributed by atoms with van der Waals surface area (Å²) in [7, 11) is 3.45. The summed E-state index contributed by atoms with van der Waals surface area (Å²) in [6, 6.07) is 8.25. The van der Waals surface area contributed by atoms with E-state index in [1.54, 1.807) is 14.1 Å². The molecule has 8 nitrogen and oxygen atoms in total. The van der Waals surface area contributed by atoms with E-state index in [4.69, 9.17) is 4.74 Å². The fourth-order valence-corrected chi connectivity index (χ4v) is 4.51. The molecule has 0 aliphatic heterocycles. The van der Waals surface area contributed by atoms with Crippen LogP contribution in [0.3, 0.4) is 0 Å². The van der Waals surface area contributed by atoms with Gasteiger partial charge in [-0.15, -0.1) is 0 Å². The average Bonchev–Trinajstić information content (AvgIpc) is 3.41. The smallest absolute Gasteiger partial charge is 0.248 e. The minimum atomic E-state index is -0.217. The molecule has 0 saturated heterocycles. The quantitative estimate of drug-likeness (QED) is 0.285. The summed E-state index contributed by atoms with van der Waals surface area (Å²) in [4.78, 5) is 13.1. The van der Waals surface area contributed by atoms with E-state index in [0.29, 0.717) is 6.61 Å². The van der Waals surface area contributed by atoms with Gasteiger partial charge in [-0.1, -0.05) is 39.8 Å². The largest absolute Gasteiger partial charge is 0.395 e. The van der Waals surface area contributed by atoms with Crippen LogP contribution >= 0.6 is 45.2 Å². The number of hydrogen-bond acceptors (Lipinski definition) is 5. The summed E-state index contributed by atoms with van der Waals surface area (Å²) in [5.41, 5.74) is 4.03. The number of rotatable bonds is 7. The van der Waals surface area contributed by atoms with Crippen molar-refractivity contribution in [3.8, 4) is 0 Å². The molecule has 4 aromatic rings. The third-order valence-corrected chi connectivity index (χ3v) is 7.75. The number of aromatic nitrogens is 4. The number of ether oxygens (including phenoxy) is 1. The molecule has 0 aromatic carbocycles. The van der Waals surface area contributed by atoms with Gasteiger partial charge in [0.15, 0.2) is 0 Å². The molecule has 0 bridgehead atoms. The first kappa shape index (κ1) is 28.8. The maximum atomic E-state index is 11.5. The molecule has 0 saturated carbocycles. The Morgan fingerprint density at radius 3 is 1.83 bits per heavy atom. The Kier molecular flexibility index (Phi) is 9.39. The second-order valence-electron chi connectivity index (χ2n) is 10.2. The Balaban J connectivity index is 0.000000212. The van der Waals surface area contributed by atoms with Crippen molar-refractivity contribution in [2.24, 2.45) is 0 Å². The van der Waals surface area contributed by atoms with Gasteiger partial charge in [0.2, 0.25) is 5.91 Å². The highest BCUT2D eigenvalue weighted by atomic mass is 127. The molecular weight excluding hydrogens is 684 g/mol. The number of fused-ring (bicyclic) bond motifs is 2. The van der Waals surface area contributed by atoms with Crippen LogP contribution in [0.5, 0.6) is 0 Å². The number of aliphatic hydroxyl groups excluding tert-OH is 1. The van der Waals surface area contributed by atoms with Gasteiger partial charge in [-0.2, -0.15) is 10.2 Å². The number of carbonyl (C=O) groups is 1. The molecule has 10 heteroatoms. The summed E-state index contributed by atoms with van der Waals surface area (Å²) >= 11 is 4.53. The number of aliphatic hydroxyl groups is 1. The van der Waals surface area contributed by atoms with Gasteiger partial charge in [0.05, 0.1) is 43.8 Å². The number of nitrogens with zero attached hydrogens (tertiary/aromatic N) is 5. The van der Waals surface area contributed by atoms with Crippen molar-refractivity contribution in [1.29, 1.82) is 0 Å². The SMILES string of the molecule is CC(C)(CO)c1ccc2c(I)cnn2c1.CN(C)C(=O)COCC(C)(C)c1ccc2c(I)cnn2c1. The monoisotopic (exact) mass is 717 g/mol.